The lowest BCUT2D eigenvalue weighted by Crippen LogP contribution is -2.54. The summed E-state index contributed by atoms with van der Waals surface area (Å²) in [4.78, 5) is 54.1. The Bertz CT molecular complexity index is 1150. The summed E-state index contributed by atoms with van der Waals surface area (Å²) >= 11 is 0. The summed E-state index contributed by atoms with van der Waals surface area (Å²) in [7, 11) is 0. The average molecular weight is 567 g/mol. The number of benzene rings is 2. The van der Waals surface area contributed by atoms with Crippen molar-refractivity contribution in [1.82, 2.24) is 15.5 Å². The van der Waals surface area contributed by atoms with Crippen molar-refractivity contribution in [3.8, 4) is 0 Å². The zero-order valence-electron chi connectivity index (χ0n) is 25.1. The topological polar surface area (TPSA) is 131 Å². The second-order valence-corrected chi connectivity index (χ2v) is 11.3. The highest BCUT2D eigenvalue weighted by Crippen LogP contribution is 2.25. The Balaban J connectivity index is 2.47. The number of nitrogens with one attached hydrogen (secondary N) is 2. The Morgan fingerprint density at radius 3 is 2.24 bits per heavy atom. The molecule has 0 saturated heterocycles. The fourth-order valence-electron chi connectivity index (χ4n) is 4.50. The van der Waals surface area contributed by atoms with Gasteiger partial charge in [-0.1, -0.05) is 92.8 Å². The SMILES string of the molecule is CCCCCCCN(C(=O)C(CC(N)=O)NC(=O)OC(C)(C)C)C(C(=O)NCc1ccccc1)c1cccc(C)c1. The molecule has 2 unspecified atom stereocenters. The number of carbonyl (C=O) groups is 4. The van der Waals surface area contributed by atoms with Crippen LogP contribution < -0.4 is 16.4 Å². The van der Waals surface area contributed by atoms with Crippen molar-refractivity contribution in [2.45, 2.75) is 97.4 Å². The Morgan fingerprint density at radius 2 is 1.63 bits per heavy atom. The fraction of sp³-hybridized carbons (Fsp3) is 0.500. The third kappa shape index (κ3) is 12.0. The van der Waals surface area contributed by atoms with Crippen molar-refractivity contribution < 1.29 is 23.9 Å². The number of nitrogens with zero attached hydrogens (tertiary/aromatic N) is 1. The molecule has 2 aromatic carbocycles. The number of rotatable bonds is 15. The van der Waals surface area contributed by atoms with Crippen LogP contribution in [0.1, 0.15) is 89.0 Å². The van der Waals surface area contributed by atoms with Gasteiger partial charge in [-0.05, 0) is 45.2 Å². The maximum Gasteiger partial charge on any atom is 0.408 e. The van der Waals surface area contributed by atoms with Crippen LogP contribution in [-0.2, 0) is 25.7 Å². The molecular weight excluding hydrogens is 520 g/mol. The van der Waals surface area contributed by atoms with Gasteiger partial charge in [-0.2, -0.15) is 0 Å². The molecule has 0 heterocycles. The molecule has 0 aromatic heterocycles. The molecule has 41 heavy (non-hydrogen) atoms. The van der Waals surface area contributed by atoms with E-state index in [-0.39, 0.29) is 19.0 Å². The van der Waals surface area contributed by atoms with E-state index in [0.717, 1.165) is 36.8 Å². The number of aryl methyl sites for hydroxylation is 1. The zero-order valence-corrected chi connectivity index (χ0v) is 25.1. The second-order valence-electron chi connectivity index (χ2n) is 11.3. The molecule has 4 amide bonds. The molecule has 0 aliphatic heterocycles. The van der Waals surface area contributed by atoms with E-state index in [9.17, 15) is 19.2 Å². The van der Waals surface area contributed by atoms with E-state index < -0.39 is 42.0 Å². The van der Waals surface area contributed by atoms with Gasteiger partial charge in [0.25, 0.3) is 0 Å². The Hall–Kier alpha value is -3.88. The van der Waals surface area contributed by atoms with Gasteiger partial charge in [-0.25, -0.2) is 4.79 Å². The minimum Gasteiger partial charge on any atom is -0.444 e. The van der Waals surface area contributed by atoms with Crippen LogP contribution in [0.3, 0.4) is 0 Å². The molecule has 0 saturated carbocycles. The van der Waals surface area contributed by atoms with Crippen molar-refractivity contribution in [2.24, 2.45) is 5.73 Å². The highest BCUT2D eigenvalue weighted by atomic mass is 16.6. The molecule has 224 valence electrons. The van der Waals surface area contributed by atoms with Gasteiger partial charge in [0.15, 0.2) is 0 Å². The molecule has 0 fully saturated rings. The number of primary amides is 1. The lowest BCUT2D eigenvalue weighted by atomic mass is 9.99. The Labute approximate surface area is 244 Å². The summed E-state index contributed by atoms with van der Waals surface area (Å²) < 4.78 is 5.35. The first-order valence-electron chi connectivity index (χ1n) is 14.4. The summed E-state index contributed by atoms with van der Waals surface area (Å²) in [5.41, 5.74) is 7.15. The van der Waals surface area contributed by atoms with E-state index in [1.807, 2.05) is 61.5 Å². The molecule has 2 atom stereocenters. The average Bonchev–Trinajstić information content (AvgIpc) is 2.89. The standard InChI is InChI=1S/C32H46N4O5/c1-6-7-8-9-13-19-36(30(39)26(21-27(33)37)35-31(40)41-32(3,4)5)28(25-18-14-15-23(2)20-25)29(38)34-22-24-16-11-10-12-17-24/h10-12,14-18,20,26,28H,6-9,13,19,21-22H2,1-5H3,(H2,33,37)(H,34,38)(H,35,40). The first-order chi connectivity index (χ1) is 19.4. The Morgan fingerprint density at radius 1 is 0.951 bits per heavy atom. The number of hydrogen-bond acceptors (Lipinski definition) is 5. The quantitative estimate of drug-likeness (QED) is 0.263. The van der Waals surface area contributed by atoms with Crippen LogP contribution >= 0.6 is 0 Å². The molecule has 4 N–H and O–H groups in total. The molecule has 0 spiro atoms. The molecule has 0 aliphatic carbocycles. The molecule has 0 radical (unpaired) electrons. The van der Waals surface area contributed by atoms with E-state index >= 15 is 0 Å². The molecule has 9 nitrogen and oxygen atoms in total. The molecule has 0 bridgehead atoms. The van der Waals surface area contributed by atoms with Crippen molar-refractivity contribution >= 4 is 23.8 Å². The predicted octanol–water partition coefficient (Wildman–Crippen LogP) is 4.92. The van der Waals surface area contributed by atoms with Gasteiger partial charge in [0, 0.05) is 13.1 Å². The number of nitrogens with two attached hydrogens (primary N) is 1. The largest absolute Gasteiger partial charge is 0.444 e. The van der Waals surface area contributed by atoms with Crippen LogP contribution in [0, 0.1) is 6.92 Å². The van der Waals surface area contributed by atoms with Gasteiger partial charge in [0.2, 0.25) is 17.7 Å². The van der Waals surface area contributed by atoms with Crippen LogP contribution in [0.15, 0.2) is 54.6 Å². The number of ether oxygens (including phenoxy) is 1. The molecular formula is C32H46N4O5. The van der Waals surface area contributed by atoms with E-state index in [4.69, 9.17) is 10.5 Å². The highest BCUT2D eigenvalue weighted by molar-refractivity contribution is 5.94. The van der Waals surface area contributed by atoms with Gasteiger partial charge >= 0.3 is 6.09 Å². The summed E-state index contributed by atoms with van der Waals surface area (Å²) in [5, 5.41) is 5.50. The summed E-state index contributed by atoms with van der Waals surface area (Å²) in [6.45, 7) is 9.67. The number of unbranched alkanes of at least 4 members (excludes halogenated alkanes) is 4. The van der Waals surface area contributed by atoms with Gasteiger partial charge < -0.3 is 26.0 Å². The van der Waals surface area contributed by atoms with Gasteiger partial charge in [-0.3, -0.25) is 14.4 Å². The van der Waals surface area contributed by atoms with Crippen molar-refractivity contribution in [1.29, 1.82) is 0 Å². The maximum absolute atomic E-state index is 14.1. The maximum atomic E-state index is 14.1. The summed E-state index contributed by atoms with van der Waals surface area (Å²) in [6, 6.07) is 14.6. The van der Waals surface area contributed by atoms with Crippen LogP contribution in [0.25, 0.3) is 0 Å². The van der Waals surface area contributed by atoms with Crippen molar-refractivity contribution in [2.75, 3.05) is 6.54 Å². The third-order valence-electron chi connectivity index (χ3n) is 6.41. The van der Waals surface area contributed by atoms with Gasteiger partial charge in [-0.15, -0.1) is 0 Å². The van der Waals surface area contributed by atoms with Crippen LogP contribution in [0.5, 0.6) is 0 Å². The summed E-state index contributed by atoms with van der Waals surface area (Å²) in [5.74, 6) is -1.70. The zero-order chi connectivity index (χ0) is 30.4. The minimum absolute atomic E-state index is 0.255. The van der Waals surface area contributed by atoms with E-state index in [1.54, 1.807) is 20.8 Å². The monoisotopic (exact) mass is 566 g/mol. The van der Waals surface area contributed by atoms with Gasteiger partial charge in [0.1, 0.15) is 17.7 Å². The third-order valence-corrected chi connectivity index (χ3v) is 6.41. The van der Waals surface area contributed by atoms with E-state index in [2.05, 4.69) is 17.6 Å². The summed E-state index contributed by atoms with van der Waals surface area (Å²) in [6.07, 6.45) is 3.36. The number of alkyl carbamates (subject to hydrolysis) is 1. The number of carbonyl (C=O) groups excluding carboxylic acids is 4. The van der Waals surface area contributed by atoms with E-state index in [1.165, 1.54) is 4.90 Å². The molecule has 9 heteroatoms. The first kappa shape index (κ1) is 33.3. The smallest absolute Gasteiger partial charge is 0.408 e. The molecule has 0 aliphatic rings. The van der Waals surface area contributed by atoms with Crippen LogP contribution in [-0.4, -0.2) is 46.9 Å². The predicted molar refractivity (Wildman–Crippen MR) is 160 cm³/mol. The van der Waals surface area contributed by atoms with Crippen LogP contribution in [0.2, 0.25) is 0 Å². The number of hydrogen-bond donors (Lipinski definition) is 3. The molecule has 2 aromatic rings. The lowest BCUT2D eigenvalue weighted by Gasteiger charge is -2.34. The molecule has 2 rings (SSSR count). The minimum atomic E-state index is -1.30. The lowest BCUT2D eigenvalue weighted by molar-refractivity contribution is -0.143. The van der Waals surface area contributed by atoms with Crippen molar-refractivity contribution in [3.05, 3.63) is 71.3 Å². The highest BCUT2D eigenvalue weighted by Gasteiger charge is 2.36. The van der Waals surface area contributed by atoms with Crippen LogP contribution in [0.4, 0.5) is 4.79 Å². The van der Waals surface area contributed by atoms with Gasteiger partial charge in [0.05, 0.1) is 6.42 Å². The Kier molecular flexibility index (Phi) is 13.3. The number of amides is 4. The van der Waals surface area contributed by atoms with Crippen molar-refractivity contribution in [3.63, 3.8) is 0 Å². The second kappa shape index (κ2) is 16.4. The first-order valence-corrected chi connectivity index (χ1v) is 14.4. The van der Waals surface area contributed by atoms with E-state index in [0.29, 0.717) is 12.0 Å². The fourth-order valence-corrected chi connectivity index (χ4v) is 4.50. The normalized spacial score (nSPS) is 12.6.